The maximum Gasteiger partial charge on any atom is 0.162 e. The van der Waals surface area contributed by atoms with Crippen LogP contribution in [-0.2, 0) is 0 Å². The molecular formula is C15H11BrClIO3. The van der Waals surface area contributed by atoms with Gasteiger partial charge in [0, 0.05) is 13.6 Å². The number of rotatable bonds is 2. The van der Waals surface area contributed by atoms with Crippen molar-refractivity contribution in [1.82, 2.24) is 0 Å². The number of ether oxygens (including phenoxy) is 2. The molecule has 0 aliphatic carbocycles. The van der Waals surface area contributed by atoms with Crippen molar-refractivity contribution in [3.8, 4) is 11.5 Å². The van der Waals surface area contributed by atoms with Gasteiger partial charge in [0.2, 0.25) is 0 Å². The summed E-state index contributed by atoms with van der Waals surface area (Å²) in [4.78, 5) is 0. The Morgan fingerprint density at radius 1 is 1.14 bits per heavy atom. The molecule has 1 aliphatic rings. The summed E-state index contributed by atoms with van der Waals surface area (Å²) < 4.78 is 12.8. The Kier molecular flexibility index (Phi) is 4.63. The first kappa shape index (κ1) is 15.4. The molecule has 1 aliphatic heterocycles. The van der Waals surface area contributed by atoms with Crippen molar-refractivity contribution < 1.29 is 14.6 Å². The highest BCUT2D eigenvalue weighted by atomic mass is 127. The van der Waals surface area contributed by atoms with Crippen LogP contribution in [-0.4, -0.2) is 18.3 Å². The third kappa shape index (κ3) is 3.16. The quantitative estimate of drug-likeness (QED) is 0.640. The number of hydrogen-bond donors (Lipinski definition) is 1. The molecule has 0 amide bonds. The van der Waals surface area contributed by atoms with E-state index in [1.807, 2.05) is 18.2 Å². The van der Waals surface area contributed by atoms with Gasteiger partial charge in [0.05, 0.1) is 5.02 Å². The number of halogens is 3. The lowest BCUT2D eigenvalue weighted by Crippen LogP contribution is -2.16. The van der Waals surface area contributed by atoms with E-state index in [9.17, 15) is 5.11 Å². The molecule has 1 atom stereocenters. The van der Waals surface area contributed by atoms with Crippen molar-refractivity contribution in [2.24, 2.45) is 0 Å². The largest absolute Gasteiger partial charge is 0.486 e. The number of hydrogen-bond acceptors (Lipinski definition) is 3. The van der Waals surface area contributed by atoms with Crippen LogP contribution < -0.4 is 9.47 Å². The Bertz CT molecular complexity index is 693. The van der Waals surface area contributed by atoms with Crippen molar-refractivity contribution in [3.05, 3.63) is 54.5 Å². The monoisotopic (exact) mass is 480 g/mol. The Morgan fingerprint density at radius 2 is 1.81 bits per heavy atom. The molecule has 0 saturated carbocycles. The van der Waals surface area contributed by atoms with Crippen molar-refractivity contribution in [2.45, 2.75) is 6.10 Å². The van der Waals surface area contributed by atoms with Gasteiger partial charge in [0.1, 0.15) is 19.3 Å². The minimum Gasteiger partial charge on any atom is -0.486 e. The number of aliphatic hydroxyl groups excluding tert-OH is 1. The summed E-state index contributed by atoms with van der Waals surface area (Å²) in [6.45, 7) is 1.05. The first-order valence-corrected chi connectivity index (χ1v) is 8.53. The number of aliphatic hydroxyl groups is 1. The van der Waals surface area contributed by atoms with Gasteiger partial charge in [-0.1, -0.05) is 33.6 Å². The molecule has 0 saturated heterocycles. The van der Waals surface area contributed by atoms with Crippen molar-refractivity contribution in [2.75, 3.05) is 13.2 Å². The Balaban J connectivity index is 2.00. The van der Waals surface area contributed by atoms with E-state index in [-0.39, 0.29) is 0 Å². The predicted octanol–water partition coefficient (Wildman–Crippen LogP) is 4.56. The van der Waals surface area contributed by atoms with Crippen LogP contribution >= 0.6 is 50.1 Å². The molecule has 1 unspecified atom stereocenters. The van der Waals surface area contributed by atoms with E-state index in [0.717, 1.165) is 19.2 Å². The maximum atomic E-state index is 10.6. The summed E-state index contributed by atoms with van der Waals surface area (Å²) in [6.07, 6.45) is -0.787. The predicted molar refractivity (Wildman–Crippen MR) is 93.4 cm³/mol. The molecule has 21 heavy (non-hydrogen) atoms. The Morgan fingerprint density at radius 3 is 2.48 bits per heavy atom. The smallest absolute Gasteiger partial charge is 0.162 e. The first-order chi connectivity index (χ1) is 10.1. The fourth-order valence-electron chi connectivity index (χ4n) is 2.15. The van der Waals surface area contributed by atoms with E-state index < -0.39 is 6.10 Å². The Hall–Kier alpha value is -0.500. The van der Waals surface area contributed by atoms with Gasteiger partial charge in [0.25, 0.3) is 0 Å². The zero-order valence-electron chi connectivity index (χ0n) is 10.8. The summed E-state index contributed by atoms with van der Waals surface area (Å²) in [5, 5.41) is 11.2. The van der Waals surface area contributed by atoms with Gasteiger partial charge in [-0.3, -0.25) is 0 Å². The normalized spacial score (nSPS) is 14.9. The van der Waals surface area contributed by atoms with Gasteiger partial charge >= 0.3 is 0 Å². The maximum absolute atomic E-state index is 10.6. The van der Waals surface area contributed by atoms with Gasteiger partial charge in [-0.2, -0.15) is 0 Å². The second-order valence-corrected chi connectivity index (χ2v) is 7.02. The van der Waals surface area contributed by atoms with Crippen LogP contribution in [0.4, 0.5) is 0 Å². The molecule has 0 aromatic heterocycles. The highest BCUT2D eigenvalue weighted by Crippen LogP contribution is 2.39. The molecule has 0 radical (unpaired) electrons. The summed E-state index contributed by atoms with van der Waals surface area (Å²) in [6, 6.07) is 9.14. The number of fused-ring (bicyclic) bond motifs is 1. The summed E-state index contributed by atoms with van der Waals surface area (Å²) >= 11 is 11.8. The van der Waals surface area contributed by atoms with Gasteiger partial charge in [-0.25, -0.2) is 0 Å². The van der Waals surface area contributed by atoms with Crippen LogP contribution in [0.25, 0.3) is 0 Å². The molecule has 0 spiro atoms. The molecule has 6 heteroatoms. The molecule has 1 N–H and O–H groups in total. The van der Waals surface area contributed by atoms with Crippen LogP contribution in [0.15, 0.2) is 34.8 Å². The summed E-state index contributed by atoms with van der Waals surface area (Å²) in [7, 11) is 0. The summed E-state index contributed by atoms with van der Waals surface area (Å²) in [5.74, 6) is 1.33. The third-order valence-electron chi connectivity index (χ3n) is 3.22. The van der Waals surface area contributed by atoms with Crippen LogP contribution in [0.1, 0.15) is 17.2 Å². The van der Waals surface area contributed by atoms with E-state index in [2.05, 4.69) is 38.5 Å². The lowest BCUT2D eigenvalue weighted by molar-refractivity contribution is 0.169. The van der Waals surface area contributed by atoms with Crippen LogP contribution in [0.5, 0.6) is 11.5 Å². The second kappa shape index (κ2) is 6.32. The minimum absolute atomic E-state index is 0.513. The summed E-state index contributed by atoms with van der Waals surface area (Å²) in [5.41, 5.74) is 1.45. The topological polar surface area (TPSA) is 38.7 Å². The van der Waals surface area contributed by atoms with Crippen molar-refractivity contribution in [1.29, 1.82) is 0 Å². The lowest BCUT2D eigenvalue weighted by atomic mass is 10.0. The molecule has 110 valence electrons. The van der Waals surface area contributed by atoms with Crippen LogP contribution in [0, 0.1) is 3.57 Å². The van der Waals surface area contributed by atoms with Crippen LogP contribution in [0.2, 0.25) is 5.02 Å². The lowest BCUT2D eigenvalue weighted by Gasteiger charge is -2.21. The molecule has 0 fully saturated rings. The van der Waals surface area contributed by atoms with Crippen molar-refractivity contribution >= 4 is 50.1 Å². The third-order valence-corrected chi connectivity index (χ3v) is 5.47. The fraction of sp³-hybridized carbons (Fsp3) is 0.200. The highest BCUT2D eigenvalue weighted by Gasteiger charge is 2.20. The van der Waals surface area contributed by atoms with Gasteiger partial charge in [-0.05, 0) is 52.4 Å². The standard InChI is InChI=1S/C15H11BrClIO3/c16-10-7-14-13(20-3-4-21-14)6-9(10)15(19)8-1-2-12(18)11(17)5-8/h1-2,5-7,15,19H,3-4H2. The van der Waals surface area contributed by atoms with E-state index >= 15 is 0 Å². The zero-order valence-corrected chi connectivity index (χ0v) is 15.3. The van der Waals surface area contributed by atoms with Crippen molar-refractivity contribution in [3.63, 3.8) is 0 Å². The Labute approximate surface area is 149 Å². The van der Waals surface area contributed by atoms with E-state index in [0.29, 0.717) is 29.7 Å². The molecule has 0 bridgehead atoms. The van der Waals surface area contributed by atoms with Gasteiger partial charge in [-0.15, -0.1) is 0 Å². The zero-order chi connectivity index (χ0) is 15.0. The molecule has 1 heterocycles. The first-order valence-electron chi connectivity index (χ1n) is 6.28. The second-order valence-electron chi connectivity index (χ2n) is 4.59. The van der Waals surface area contributed by atoms with Gasteiger partial charge < -0.3 is 14.6 Å². The van der Waals surface area contributed by atoms with Crippen LogP contribution in [0.3, 0.4) is 0 Å². The van der Waals surface area contributed by atoms with E-state index in [4.69, 9.17) is 21.1 Å². The van der Waals surface area contributed by atoms with Gasteiger partial charge in [0.15, 0.2) is 11.5 Å². The average molecular weight is 482 g/mol. The SMILES string of the molecule is OC(c1ccc(I)c(Cl)c1)c1cc2c(cc1Br)OCCO2. The molecular weight excluding hydrogens is 470 g/mol. The minimum atomic E-state index is -0.787. The highest BCUT2D eigenvalue weighted by molar-refractivity contribution is 14.1. The average Bonchev–Trinajstić information content (AvgIpc) is 2.48. The van der Waals surface area contributed by atoms with E-state index in [1.165, 1.54) is 0 Å². The molecule has 3 rings (SSSR count). The fourth-order valence-corrected chi connectivity index (χ4v) is 3.21. The van der Waals surface area contributed by atoms with E-state index in [1.54, 1.807) is 12.1 Å². The number of benzene rings is 2. The molecule has 2 aromatic carbocycles. The molecule has 2 aromatic rings. The molecule has 3 nitrogen and oxygen atoms in total.